The number of phenolic OH excluding ortho intramolecular Hbond substituents is 1. The van der Waals surface area contributed by atoms with Gasteiger partial charge in [-0.3, -0.25) is 0 Å². The zero-order valence-electron chi connectivity index (χ0n) is 27.0. The lowest BCUT2D eigenvalue weighted by Gasteiger charge is -2.37. The van der Waals surface area contributed by atoms with E-state index in [1.807, 2.05) is 35.0 Å². The first-order valence-electron chi connectivity index (χ1n) is 16.1. The lowest BCUT2D eigenvalue weighted by Crippen LogP contribution is -2.40. The minimum Gasteiger partial charge on any atom is -0.508 e. The highest BCUT2D eigenvalue weighted by Gasteiger charge is 2.34. The average molecular weight is 602 g/mol. The van der Waals surface area contributed by atoms with Crippen LogP contribution in [0.5, 0.6) is 5.75 Å². The second kappa shape index (κ2) is 16.5. The molecule has 1 aliphatic rings. The van der Waals surface area contributed by atoms with Crippen molar-refractivity contribution in [2.45, 2.75) is 91.6 Å². The third kappa shape index (κ3) is 9.96. The Balaban J connectivity index is 1.45. The van der Waals surface area contributed by atoms with Gasteiger partial charge in [-0.15, -0.1) is 5.10 Å². The molecule has 0 saturated carbocycles. The molecule has 238 valence electrons. The van der Waals surface area contributed by atoms with E-state index in [4.69, 9.17) is 15.2 Å². The van der Waals surface area contributed by atoms with Crippen LogP contribution in [0, 0.1) is 11.8 Å². The third-order valence-electron chi connectivity index (χ3n) is 8.34. The van der Waals surface area contributed by atoms with Gasteiger partial charge >= 0.3 is 0 Å². The van der Waals surface area contributed by atoms with Crippen LogP contribution < -0.4 is 11.1 Å². The number of allylic oxidation sites excluding steroid dienone is 1. The summed E-state index contributed by atoms with van der Waals surface area (Å²) in [6.45, 7) is 11.7. The lowest BCUT2D eigenvalue weighted by atomic mass is 9.81. The van der Waals surface area contributed by atoms with Crippen LogP contribution in [0.3, 0.4) is 0 Å². The number of nitrogens with zero attached hydrogens (tertiary/aromatic N) is 3. The SMILES string of the molecule is CC(C)CCOC(C)(C)C1CCCCC/C(NCCn2nnc(COCc3ccc(O)cc3)c2/C=C/c2ccccc2)=C\1N. The molecule has 0 radical (unpaired) electrons. The van der Waals surface area contributed by atoms with Gasteiger partial charge in [0, 0.05) is 30.5 Å². The Morgan fingerprint density at radius 2 is 1.82 bits per heavy atom. The second-order valence-corrected chi connectivity index (χ2v) is 12.7. The Kier molecular flexibility index (Phi) is 12.4. The molecule has 3 aromatic rings. The normalized spacial score (nSPS) is 18.1. The fourth-order valence-corrected chi connectivity index (χ4v) is 5.62. The van der Waals surface area contributed by atoms with Gasteiger partial charge in [-0.25, -0.2) is 4.68 Å². The molecule has 44 heavy (non-hydrogen) atoms. The van der Waals surface area contributed by atoms with Gasteiger partial charge in [0.05, 0.1) is 31.1 Å². The summed E-state index contributed by atoms with van der Waals surface area (Å²) < 4.78 is 14.3. The molecule has 4 rings (SSSR count). The fourth-order valence-electron chi connectivity index (χ4n) is 5.62. The van der Waals surface area contributed by atoms with Gasteiger partial charge in [0.25, 0.3) is 0 Å². The molecule has 4 N–H and O–H groups in total. The van der Waals surface area contributed by atoms with E-state index >= 15 is 0 Å². The third-order valence-corrected chi connectivity index (χ3v) is 8.34. The predicted octanol–water partition coefficient (Wildman–Crippen LogP) is 7.05. The molecule has 0 saturated heterocycles. The summed E-state index contributed by atoms with van der Waals surface area (Å²) >= 11 is 0. The van der Waals surface area contributed by atoms with Crippen LogP contribution in [0.2, 0.25) is 0 Å². The predicted molar refractivity (Wildman–Crippen MR) is 177 cm³/mol. The Bertz CT molecular complexity index is 1350. The molecule has 2 aromatic carbocycles. The molecule has 1 unspecified atom stereocenters. The van der Waals surface area contributed by atoms with E-state index in [1.165, 1.54) is 12.8 Å². The van der Waals surface area contributed by atoms with Crippen molar-refractivity contribution in [1.29, 1.82) is 0 Å². The zero-order valence-corrected chi connectivity index (χ0v) is 27.0. The molecule has 0 bridgehead atoms. The number of hydrogen-bond donors (Lipinski definition) is 3. The minimum atomic E-state index is -0.320. The van der Waals surface area contributed by atoms with Gasteiger partial charge in [-0.2, -0.15) is 0 Å². The molecular weight excluding hydrogens is 550 g/mol. The van der Waals surface area contributed by atoms with Crippen LogP contribution in [0.25, 0.3) is 12.2 Å². The second-order valence-electron chi connectivity index (χ2n) is 12.7. The topological polar surface area (TPSA) is 107 Å². The molecular formula is C36H51N5O3. The number of nitrogens with two attached hydrogens (primary N) is 1. The Labute approximate surface area is 263 Å². The van der Waals surface area contributed by atoms with Gasteiger partial charge in [-0.1, -0.05) is 80.4 Å². The summed E-state index contributed by atoms with van der Waals surface area (Å²) in [4.78, 5) is 0. The van der Waals surface area contributed by atoms with Crippen molar-refractivity contribution in [2.75, 3.05) is 13.2 Å². The maximum absolute atomic E-state index is 9.55. The molecule has 1 aliphatic carbocycles. The number of benzene rings is 2. The van der Waals surface area contributed by atoms with E-state index in [0.717, 1.165) is 66.2 Å². The van der Waals surface area contributed by atoms with Crippen LogP contribution in [-0.4, -0.2) is 38.9 Å². The van der Waals surface area contributed by atoms with E-state index in [-0.39, 0.29) is 17.3 Å². The van der Waals surface area contributed by atoms with Gasteiger partial charge in [-0.05, 0) is 74.8 Å². The molecule has 1 atom stereocenters. The standard InChI is InChI=1S/C36H51N5O3/c1-27(2)21-24-44-36(3,4)31-13-9-6-10-14-32(35(31)37)38-22-23-41-34(20-17-28-11-7-5-8-12-28)33(39-40-41)26-43-25-29-15-18-30(42)19-16-29/h5,7-8,11-12,15-20,27,31,38,42H,6,9-10,13-14,21-26,37H2,1-4H3/b20-17+,35-32-. The van der Waals surface area contributed by atoms with Crippen LogP contribution in [0.15, 0.2) is 66.0 Å². The summed E-state index contributed by atoms with van der Waals surface area (Å²) in [5.41, 5.74) is 12.4. The first-order valence-corrected chi connectivity index (χ1v) is 16.1. The quantitative estimate of drug-likeness (QED) is 0.171. The Hall–Kier alpha value is -3.62. The molecule has 1 heterocycles. The van der Waals surface area contributed by atoms with Crippen molar-refractivity contribution in [2.24, 2.45) is 17.6 Å². The number of rotatable bonds is 15. The summed E-state index contributed by atoms with van der Waals surface area (Å²) in [6, 6.07) is 17.2. The number of hydrogen-bond acceptors (Lipinski definition) is 7. The Morgan fingerprint density at radius 1 is 1.05 bits per heavy atom. The number of aromatic nitrogens is 3. The molecule has 1 aromatic heterocycles. The van der Waals surface area contributed by atoms with Gasteiger partial charge in [0.15, 0.2) is 0 Å². The molecule has 8 heteroatoms. The first kappa shape index (κ1) is 33.3. The number of ether oxygens (including phenoxy) is 2. The molecule has 0 spiro atoms. The first-order chi connectivity index (χ1) is 21.2. The monoisotopic (exact) mass is 601 g/mol. The van der Waals surface area contributed by atoms with Gasteiger partial charge in [0.1, 0.15) is 11.4 Å². The highest BCUT2D eigenvalue weighted by Crippen LogP contribution is 2.34. The highest BCUT2D eigenvalue weighted by molar-refractivity contribution is 5.68. The van der Waals surface area contributed by atoms with Crippen molar-refractivity contribution in [3.8, 4) is 5.75 Å². The van der Waals surface area contributed by atoms with Gasteiger partial charge in [0.2, 0.25) is 0 Å². The smallest absolute Gasteiger partial charge is 0.116 e. The van der Waals surface area contributed by atoms with E-state index in [2.05, 4.69) is 67.6 Å². The summed E-state index contributed by atoms with van der Waals surface area (Å²) in [6.07, 6.45) is 10.7. The van der Waals surface area contributed by atoms with Crippen molar-refractivity contribution < 1.29 is 14.6 Å². The fraction of sp³-hybridized carbons (Fsp3) is 0.500. The largest absolute Gasteiger partial charge is 0.508 e. The van der Waals surface area contributed by atoms with Crippen LogP contribution in [0.1, 0.15) is 88.7 Å². The molecule has 0 amide bonds. The van der Waals surface area contributed by atoms with Crippen LogP contribution >= 0.6 is 0 Å². The highest BCUT2D eigenvalue weighted by atomic mass is 16.5. The van der Waals surface area contributed by atoms with Crippen LogP contribution in [-0.2, 0) is 29.2 Å². The number of phenols is 1. The lowest BCUT2D eigenvalue weighted by molar-refractivity contribution is -0.0572. The average Bonchev–Trinajstić information content (AvgIpc) is 3.37. The van der Waals surface area contributed by atoms with Gasteiger partial charge < -0.3 is 25.6 Å². The van der Waals surface area contributed by atoms with Crippen molar-refractivity contribution in [3.63, 3.8) is 0 Å². The van der Waals surface area contributed by atoms with E-state index < -0.39 is 0 Å². The summed E-state index contributed by atoms with van der Waals surface area (Å²) in [5, 5.41) is 22.2. The molecule has 0 fully saturated rings. The minimum absolute atomic E-state index is 0.172. The van der Waals surface area contributed by atoms with E-state index in [0.29, 0.717) is 32.2 Å². The summed E-state index contributed by atoms with van der Waals surface area (Å²) in [5.74, 6) is 1.03. The molecule has 0 aliphatic heterocycles. The van der Waals surface area contributed by atoms with Crippen molar-refractivity contribution >= 4 is 12.2 Å². The molecule has 8 nitrogen and oxygen atoms in total. The maximum Gasteiger partial charge on any atom is 0.116 e. The number of nitrogens with one attached hydrogen (secondary N) is 1. The van der Waals surface area contributed by atoms with Crippen LogP contribution in [0.4, 0.5) is 0 Å². The summed E-state index contributed by atoms with van der Waals surface area (Å²) in [7, 11) is 0. The van der Waals surface area contributed by atoms with E-state index in [1.54, 1.807) is 12.1 Å². The zero-order chi connectivity index (χ0) is 31.4. The number of aromatic hydroxyl groups is 1. The Morgan fingerprint density at radius 3 is 2.57 bits per heavy atom. The van der Waals surface area contributed by atoms with Crippen molar-refractivity contribution in [1.82, 2.24) is 20.3 Å². The maximum atomic E-state index is 9.55. The van der Waals surface area contributed by atoms with E-state index in [9.17, 15) is 5.11 Å². The van der Waals surface area contributed by atoms with Crippen molar-refractivity contribution in [3.05, 3.63) is 88.5 Å².